The van der Waals surface area contributed by atoms with Gasteiger partial charge in [-0.05, 0) is 77.0 Å². The first kappa shape index (κ1) is 48.8. The molecule has 8 nitrogen and oxygen atoms in total. The zero-order chi connectivity index (χ0) is 38.5. The van der Waals surface area contributed by atoms with Crippen molar-refractivity contribution in [2.24, 2.45) is 0 Å². The molecule has 2 unspecified atom stereocenters. The van der Waals surface area contributed by atoms with Crippen LogP contribution in [0.25, 0.3) is 0 Å². The maximum Gasteiger partial charge on any atom is 0.362 e. The van der Waals surface area contributed by atoms with Crippen molar-refractivity contribution in [1.82, 2.24) is 0 Å². The van der Waals surface area contributed by atoms with E-state index in [-0.39, 0.29) is 42.7 Å². The number of carbonyl (C=O) groups is 3. The van der Waals surface area contributed by atoms with Crippen molar-refractivity contribution in [2.75, 3.05) is 41.0 Å². The normalized spacial score (nSPS) is 13.8. The fraction of sp³-hybridized carbons (Fsp3) is 0.659. The lowest BCUT2D eigenvalue weighted by Gasteiger charge is -2.31. The van der Waals surface area contributed by atoms with Crippen LogP contribution in [-0.2, 0) is 28.6 Å². The minimum Gasteiger partial charge on any atom is -0.477 e. The van der Waals surface area contributed by atoms with Crippen molar-refractivity contribution in [1.29, 1.82) is 0 Å². The van der Waals surface area contributed by atoms with Gasteiger partial charge in [-0.2, -0.15) is 0 Å². The molecule has 0 heterocycles. The number of allylic oxidation sites excluding steroid dienone is 12. The van der Waals surface area contributed by atoms with Crippen molar-refractivity contribution >= 4 is 17.9 Å². The topological polar surface area (TPSA) is 99.1 Å². The van der Waals surface area contributed by atoms with Crippen LogP contribution in [0.4, 0.5) is 0 Å². The molecule has 0 aliphatic carbocycles. The van der Waals surface area contributed by atoms with E-state index in [4.69, 9.17) is 14.2 Å². The largest absolute Gasteiger partial charge is 0.477 e. The first-order chi connectivity index (χ1) is 25.1. The summed E-state index contributed by atoms with van der Waals surface area (Å²) in [6, 6.07) is -0.624. The lowest BCUT2D eigenvalue weighted by atomic mass is 10.1. The van der Waals surface area contributed by atoms with Gasteiger partial charge in [-0.15, -0.1) is 0 Å². The van der Waals surface area contributed by atoms with Crippen molar-refractivity contribution in [3.63, 3.8) is 0 Å². The molecule has 0 aromatic carbocycles. The zero-order valence-corrected chi connectivity index (χ0v) is 33.5. The number of carboxylic acid groups (broad SMARTS) is 1. The molecular formula is C44H74NO7+. The molecule has 0 aliphatic rings. The van der Waals surface area contributed by atoms with E-state index in [9.17, 15) is 19.5 Å². The molecule has 0 aromatic heterocycles. The smallest absolute Gasteiger partial charge is 0.362 e. The van der Waals surface area contributed by atoms with Gasteiger partial charge >= 0.3 is 17.9 Å². The Labute approximate surface area is 317 Å². The van der Waals surface area contributed by atoms with Gasteiger partial charge in [-0.1, -0.05) is 112 Å². The summed E-state index contributed by atoms with van der Waals surface area (Å²) in [7, 11) is 5.49. The highest BCUT2D eigenvalue weighted by atomic mass is 16.6. The van der Waals surface area contributed by atoms with Crippen LogP contribution in [0.15, 0.2) is 72.9 Å². The van der Waals surface area contributed by atoms with Crippen LogP contribution in [0.1, 0.15) is 136 Å². The number of hydrogen-bond donors (Lipinski definition) is 1. The fourth-order valence-electron chi connectivity index (χ4n) is 5.29. The van der Waals surface area contributed by atoms with Crippen molar-refractivity contribution < 1.29 is 38.2 Å². The van der Waals surface area contributed by atoms with Crippen molar-refractivity contribution in [2.45, 2.75) is 148 Å². The molecule has 0 saturated heterocycles. The van der Waals surface area contributed by atoms with Crippen LogP contribution in [0.3, 0.4) is 0 Å². The number of esters is 2. The third-order valence-corrected chi connectivity index (χ3v) is 8.35. The highest BCUT2D eigenvalue weighted by molar-refractivity contribution is 5.72. The molecule has 1 N–H and O–H groups in total. The lowest BCUT2D eigenvalue weighted by molar-refractivity contribution is -0.887. The van der Waals surface area contributed by atoms with E-state index in [2.05, 4.69) is 86.8 Å². The molecule has 52 heavy (non-hydrogen) atoms. The summed E-state index contributed by atoms with van der Waals surface area (Å²) < 4.78 is 17.1. The minimum absolute atomic E-state index is 0.0391. The summed E-state index contributed by atoms with van der Waals surface area (Å²) in [5, 5.41) is 9.58. The van der Waals surface area contributed by atoms with Crippen molar-refractivity contribution in [3.05, 3.63) is 72.9 Å². The average Bonchev–Trinajstić information content (AvgIpc) is 3.09. The first-order valence-corrected chi connectivity index (χ1v) is 20.0. The number of carbonyl (C=O) groups excluding carboxylic acids is 2. The maximum atomic E-state index is 12.6. The molecule has 0 aliphatic heterocycles. The lowest BCUT2D eigenvalue weighted by Crippen LogP contribution is -2.50. The minimum atomic E-state index is -0.887. The van der Waals surface area contributed by atoms with Gasteiger partial charge in [0.15, 0.2) is 12.1 Å². The van der Waals surface area contributed by atoms with Gasteiger partial charge in [0.2, 0.25) is 0 Å². The van der Waals surface area contributed by atoms with Gasteiger partial charge in [0.1, 0.15) is 6.61 Å². The molecule has 0 amide bonds. The fourth-order valence-corrected chi connectivity index (χ4v) is 5.29. The average molecular weight is 729 g/mol. The number of ether oxygens (including phenoxy) is 3. The molecule has 0 spiro atoms. The Morgan fingerprint density at radius 1 is 0.577 bits per heavy atom. The summed E-state index contributed by atoms with van der Waals surface area (Å²) in [6.07, 6.45) is 42.5. The Morgan fingerprint density at radius 3 is 1.54 bits per heavy atom. The number of nitrogens with zero attached hydrogens (tertiary/aromatic N) is 1. The molecule has 0 fully saturated rings. The Hall–Kier alpha value is -3.23. The van der Waals surface area contributed by atoms with E-state index in [1.165, 1.54) is 12.8 Å². The van der Waals surface area contributed by atoms with Crippen LogP contribution in [0.2, 0.25) is 0 Å². The second-order valence-electron chi connectivity index (χ2n) is 14.1. The number of carboxylic acids is 1. The third-order valence-electron chi connectivity index (χ3n) is 8.35. The standard InChI is InChI=1S/C44H73NO7/c1-6-8-10-12-14-16-17-18-19-20-21-22-23-24-25-27-28-30-32-34-42(46)51-39-40(38-50-37-36-41(44(48)49)45(3,4)5)52-43(47)35-33-31-29-26-15-13-11-9-7-2/h8-11,14-16,18-19,21-22,26,40-41H,6-7,12-13,17,20,23-25,27-39H2,1-5H3/p+1/b10-8+,11-9+,16-14+,19-18+,22-21+,26-15+. The van der Waals surface area contributed by atoms with E-state index < -0.39 is 18.1 Å². The van der Waals surface area contributed by atoms with Crippen LogP contribution >= 0.6 is 0 Å². The third kappa shape index (κ3) is 32.7. The SMILES string of the molecule is CC/C=C/C/C=C/C/C=C/C/C=C/CCCCCCCCC(=O)OCC(COCCC(C(=O)O)[N+](C)(C)C)OC(=O)CCCC/C=C/C/C=C/CC. The quantitative estimate of drug-likeness (QED) is 0.0305. The van der Waals surface area contributed by atoms with Gasteiger partial charge < -0.3 is 23.8 Å². The second kappa shape index (κ2) is 34.8. The van der Waals surface area contributed by atoms with E-state index in [1.54, 1.807) is 0 Å². The summed E-state index contributed by atoms with van der Waals surface area (Å²) in [4.78, 5) is 36.8. The van der Waals surface area contributed by atoms with Crippen molar-refractivity contribution in [3.8, 4) is 0 Å². The number of unbranched alkanes of at least 4 members (excludes halogenated alkanes) is 8. The Morgan fingerprint density at radius 2 is 1.02 bits per heavy atom. The number of rotatable bonds is 34. The van der Waals surface area contributed by atoms with Gasteiger partial charge in [-0.3, -0.25) is 9.59 Å². The zero-order valence-electron chi connectivity index (χ0n) is 33.5. The second-order valence-corrected chi connectivity index (χ2v) is 14.1. The summed E-state index contributed by atoms with van der Waals surface area (Å²) in [6.45, 7) is 4.42. The Bertz CT molecular complexity index is 1080. The van der Waals surface area contributed by atoms with Gasteiger partial charge in [0, 0.05) is 19.3 Å². The summed E-state index contributed by atoms with van der Waals surface area (Å²) >= 11 is 0. The van der Waals surface area contributed by atoms with Gasteiger partial charge in [0.25, 0.3) is 0 Å². The van der Waals surface area contributed by atoms with E-state index >= 15 is 0 Å². The summed E-state index contributed by atoms with van der Waals surface area (Å²) in [5.41, 5.74) is 0. The van der Waals surface area contributed by atoms with Gasteiger partial charge in [-0.25, -0.2) is 4.79 Å². The molecular weight excluding hydrogens is 654 g/mol. The van der Waals surface area contributed by atoms with Gasteiger partial charge in [0.05, 0.1) is 34.4 Å². The first-order valence-electron chi connectivity index (χ1n) is 20.0. The molecule has 2 atom stereocenters. The number of likely N-dealkylation sites (N-methyl/N-ethyl adjacent to an activating group) is 1. The maximum absolute atomic E-state index is 12.6. The van der Waals surface area contributed by atoms with Crippen LogP contribution in [-0.4, -0.2) is 80.6 Å². The Balaban J connectivity index is 4.37. The molecule has 296 valence electrons. The monoisotopic (exact) mass is 729 g/mol. The molecule has 0 bridgehead atoms. The predicted molar refractivity (Wildman–Crippen MR) is 215 cm³/mol. The Kier molecular flexibility index (Phi) is 32.7. The highest BCUT2D eigenvalue weighted by Crippen LogP contribution is 2.12. The number of hydrogen-bond acceptors (Lipinski definition) is 6. The number of quaternary nitrogens is 1. The van der Waals surface area contributed by atoms with E-state index in [1.807, 2.05) is 21.1 Å². The highest BCUT2D eigenvalue weighted by Gasteiger charge is 2.31. The van der Waals surface area contributed by atoms with Crippen LogP contribution in [0, 0.1) is 0 Å². The molecule has 0 rings (SSSR count). The van der Waals surface area contributed by atoms with Crippen LogP contribution in [0.5, 0.6) is 0 Å². The molecule has 0 aromatic rings. The molecule has 0 radical (unpaired) electrons. The molecule has 8 heteroatoms. The van der Waals surface area contributed by atoms with Crippen LogP contribution < -0.4 is 0 Å². The van der Waals surface area contributed by atoms with E-state index in [0.29, 0.717) is 19.3 Å². The number of aliphatic carboxylic acids is 1. The molecule has 0 saturated carbocycles. The van der Waals surface area contributed by atoms with E-state index in [0.717, 1.165) is 83.5 Å². The summed E-state index contributed by atoms with van der Waals surface area (Å²) in [5.74, 6) is -1.55. The predicted octanol–water partition coefficient (Wildman–Crippen LogP) is 10.4.